The molecule has 1 heterocycles. The SMILES string of the molecule is CC1CCCCN1S(=O)(=O)c1cc(N)c(F)cc1F. The average molecular weight is 290 g/mol. The molecular weight excluding hydrogens is 274 g/mol. The third kappa shape index (κ3) is 2.57. The van der Waals surface area contributed by atoms with Gasteiger partial charge in [-0.05, 0) is 25.8 Å². The van der Waals surface area contributed by atoms with Crippen molar-refractivity contribution >= 4 is 15.7 Å². The van der Waals surface area contributed by atoms with Crippen LogP contribution >= 0.6 is 0 Å². The smallest absolute Gasteiger partial charge is 0.246 e. The second-order valence-electron chi connectivity index (χ2n) is 4.76. The van der Waals surface area contributed by atoms with Crippen LogP contribution in [0.1, 0.15) is 26.2 Å². The summed E-state index contributed by atoms with van der Waals surface area (Å²) in [5.74, 6) is -2.06. The van der Waals surface area contributed by atoms with Gasteiger partial charge in [-0.25, -0.2) is 17.2 Å². The highest BCUT2D eigenvalue weighted by Crippen LogP contribution is 2.28. The normalized spacial score (nSPS) is 21.5. The molecule has 7 heteroatoms. The van der Waals surface area contributed by atoms with Crippen LogP contribution in [-0.2, 0) is 10.0 Å². The number of nitrogen functional groups attached to an aromatic ring is 1. The molecule has 0 amide bonds. The van der Waals surface area contributed by atoms with Gasteiger partial charge in [-0.15, -0.1) is 0 Å². The van der Waals surface area contributed by atoms with E-state index in [2.05, 4.69) is 0 Å². The highest BCUT2D eigenvalue weighted by molar-refractivity contribution is 7.89. The molecule has 1 atom stereocenters. The average Bonchev–Trinajstić information content (AvgIpc) is 2.34. The number of nitrogens with zero attached hydrogens (tertiary/aromatic N) is 1. The molecule has 1 aromatic carbocycles. The summed E-state index contributed by atoms with van der Waals surface area (Å²) in [7, 11) is -3.97. The van der Waals surface area contributed by atoms with Gasteiger partial charge in [-0.2, -0.15) is 4.31 Å². The number of anilines is 1. The Kier molecular flexibility index (Phi) is 3.78. The lowest BCUT2D eigenvalue weighted by molar-refractivity contribution is 0.268. The minimum atomic E-state index is -3.97. The Hall–Kier alpha value is -1.21. The number of halogens is 2. The molecule has 0 bridgehead atoms. The number of nitrogens with two attached hydrogens (primary N) is 1. The van der Waals surface area contributed by atoms with Gasteiger partial charge in [-0.3, -0.25) is 0 Å². The summed E-state index contributed by atoms with van der Waals surface area (Å²) in [5.41, 5.74) is 4.96. The summed E-state index contributed by atoms with van der Waals surface area (Å²) in [6.07, 6.45) is 2.42. The molecule has 0 spiro atoms. The molecule has 4 nitrogen and oxygen atoms in total. The van der Waals surface area contributed by atoms with Crippen molar-refractivity contribution in [2.24, 2.45) is 0 Å². The molecule has 0 radical (unpaired) electrons. The summed E-state index contributed by atoms with van der Waals surface area (Å²) in [6.45, 7) is 2.13. The fourth-order valence-electron chi connectivity index (χ4n) is 2.30. The second-order valence-corrected chi connectivity index (χ2v) is 6.62. The highest BCUT2D eigenvalue weighted by atomic mass is 32.2. The minimum Gasteiger partial charge on any atom is -0.396 e. The molecule has 1 aromatic rings. The lowest BCUT2D eigenvalue weighted by Crippen LogP contribution is -2.42. The molecular formula is C12H16F2N2O2S. The fraction of sp³-hybridized carbons (Fsp3) is 0.500. The number of piperidine rings is 1. The van der Waals surface area contributed by atoms with Crippen LogP contribution in [0.15, 0.2) is 17.0 Å². The molecule has 19 heavy (non-hydrogen) atoms. The Morgan fingerprint density at radius 1 is 1.26 bits per heavy atom. The Labute approximate surface area is 111 Å². The van der Waals surface area contributed by atoms with Gasteiger partial charge in [0.2, 0.25) is 10.0 Å². The van der Waals surface area contributed by atoms with Crippen LogP contribution in [0, 0.1) is 11.6 Å². The van der Waals surface area contributed by atoms with Gasteiger partial charge in [0, 0.05) is 18.7 Å². The van der Waals surface area contributed by atoms with Crippen LogP contribution in [0.5, 0.6) is 0 Å². The molecule has 1 unspecified atom stereocenters. The van der Waals surface area contributed by atoms with Crippen molar-refractivity contribution in [3.05, 3.63) is 23.8 Å². The Morgan fingerprint density at radius 2 is 1.95 bits per heavy atom. The maximum Gasteiger partial charge on any atom is 0.246 e. The maximum absolute atomic E-state index is 13.7. The van der Waals surface area contributed by atoms with Crippen molar-refractivity contribution in [1.82, 2.24) is 4.31 Å². The third-order valence-electron chi connectivity index (χ3n) is 3.38. The van der Waals surface area contributed by atoms with E-state index in [1.807, 2.05) is 0 Å². The molecule has 0 saturated carbocycles. The van der Waals surface area contributed by atoms with Crippen LogP contribution in [0.3, 0.4) is 0 Å². The highest BCUT2D eigenvalue weighted by Gasteiger charge is 2.33. The van der Waals surface area contributed by atoms with Crippen LogP contribution in [0.4, 0.5) is 14.5 Å². The van der Waals surface area contributed by atoms with Gasteiger partial charge >= 0.3 is 0 Å². The summed E-state index contributed by atoms with van der Waals surface area (Å²) in [5, 5.41) is 0. The quantitative estimate of drug-likeness (QED) is 0.848. The third-order valence-corrected chi connectivity index (χ3v) is 5.41. The molecule has 1 fully saturated rings. The van der Waals surface area contributed by atoms with Gasteiger partial charge in [0.15, 0.2) is 0 Å². The summed E-state index contributed by atoms with van der Waals surface area (Å²) in [4.78, 5) is -0.555. The van der Waals surface area contributed by atoms with Crippen LogP contribution < -0.4 is 5.73 Å². The van der Waals surface area contributed by atoms with E-state index in [0.29, 0.717) is 12.6 Å². The topological polar surface area (TPSA) is 63.4 Å². The van der Waals surface area contributed by atoms with Crippen molar-refractivity contribution in [2.45, 2.75) is 37.1 Å². The number of rotatable bonds is 2. The molecule has 106 valence electrons. The zero-order valence-corrected chi connectivity index (χ0v) is 11.4. The van der Waals surface area contributed by atoms with Crippen LogP contribution in [0.25, 0.3) is 0 Å². The standard InChI is InChI=1S/C12H16F2N2O2S/c1-8-4-2-3-5-16(8)19(17,18)12-7-11(15)9(13)6-10(12)14/h6-8H,2-5,15H2,1H3. The van der Waals surface area contributed by atoms with Crippen LogP contribution in [-0.4, -0.2) is 25.3 Å². The van der Waals surface area contributed by atoms with Gasteiger partial charge in [0.05, 0.1) is 5.69 Å². The Morgan fingerprint density at radius 3 is 2.58 bits per heavy atom. The summed E-state index contributed by atoms with van der Waals surface area (Å²) >= 11 is 0. The molecule has 0 aromatic heterocycles. The van der Waals surface area contributed by atoms with E-state index < -0.39 is 26.6 Å². The van der Waals surface area contributed by atoms with E-state index in [1.165, 1.54) is 4.31 Å². The van der Waals surface area contributed by atoms with Gasteiger partial charge < -0.3 is 5.73 Å². The van der Waals surface area contributed by atoms with Crippen molar-refractivity contribution in [1.29, 1.82) is 0 Å². The first-order valence-electron chi connectivity index (χ1n) is 6.10. The number of hydrogen-bond donors (Lipinski definition) is 1. The second kappa shape index (κ2) is 5.05. The zero-order chi connectivity index (χ0) is 14.2. The predicted octanol–water partition coefficient (Wildman–Crippen LogP) is 2.11. The van der Waals surface area contributed by atoms with Crippen molar-refractivity contribution in [3.8, 4) is 0 Å². The summed E-state index contributed by atoms with van der Waals surface area (Å²) in [6, 6.07) is 1.17. The van der Waals surface area contributed by atoms with E-state index in [-0.39, 0.29) is 11.7 Å². The number of benzene rings is 1. The first kappa shape index (κ1) is 14.2. The van der Waals surface area contributed by atoms with E-state index in [4.69, 9.17) is 5.73 Å². The summed E-state index contributed by atoms with van der Waals surface area (Å²) < 4.78 is 52.8. The minimum absolute atomic E-state index is 0.190. The van der Waals surface area contributed by atoms with Gasteiger partial charge in [0.1, 0.15) is 16.5 Å². The van der Waals surface area contributed by atoms with Gasteiger partial charge in [0.25, 0.3) is 0 Å². The first-order valence-corrected chi connectivity index (χ1v) is 7.54. The van der Waals surface area contributed by atoms with Crippen molar-refractivity contribution in [3.63, 3.8) is 0 Å². The van der Waals surface area contributed by atoms with E-state index in [1.54, 1.807) is 6.92 Å². The lowest BCUT2D eigenvalue weighted by atomic mass is 10.1. The molecule has 0 aliphatic carbocycles. The Balaban J connectivity index is 2.47. The number of sulfonamides is 1. The zero-order valence-electron chi connectivity index (χ0n) is 10.6. The number of hydrogen-bond acceptors (Lipinski definition) is 3. The van der Waals surface area contributed by atoms with Gasteiger partial charge in [-0.1, -0.05) is 6.42 Å². The molecule has 2 rings (SSSR count). The molecule has 1 saturated heterocycles. The largest absolute Gasteiger partial charge is 0.396 e. The first-order chi connectivity index (χ1) is 8.84. The monoisotopic (exact) mass is 290 g/mol. The van der Waals surface area contributed by atoms with E-state index in [9.17, 15) is 17.2 Å². The molecule has 2 N–H and O–H groups in total. The van der Waals surface area contributed by atoms with Crippen molar-refractivity contribution in [2.75, 3.05) is 12.3 Å². The van der Waals surface area contributed by atoms with E-state index in [0.717, 1.165) is 25.3 Å². The fourth-order valence-corrected chi connectivity index (χ4v) is 4.08. The maximum atomic E-state index is 13.7. The van der Waals surface area contributed by atoms with Crippen LogP contribution in [0.2, 0.25) is 0 Å². The lowest BCUT2D eigenvalue weighted by Gasteiger charge is -2.32. The van der Waals surface area contributed by atoms with E-state index >= 15 is 0 Å². The predicted molar refractivity (Wildman–Crippen MR) is 68.0 cm³/mol. The van der Waals surface area contributed by atoms with Crippen molar-refractivity contribution < 1.29 is 17.2 Å². The molecule has 1 aliphatic heterocycles. The molecule has 1 aliphatic rings. The Bertz CT molecular complexity index is 590.